The van der Waals surface area contributed by atoms with Gasteiger partial charge in [-0.1, -0.05) is 27.7 Å². The molecule has 0 bridgehead atoms. The van der Waals surface area contributed by atoms with E-state index in [0.29, 0.717) is 5.92 Å². The predicted octanol–water partition coefficient (Wildman–Crippen LogP) is 2.33. The number of rotatable bonds is 2. The lowest BCUT2D eigenvalue weighted by atomic mass is 9.94. The minimum Gasteiger partial charge on any atom is -0.481 e. The number of aromatic nitrogens is 3. The highest BCUT2D eigenvalue weighted by molar-refractivity contribution is 5.71. The number of aliphatic carboxylic acids is 1. The first-order valence-corrected chi connectivity index (χ1v) is 6.84. The van der Waals surface area contributed by atoms with Crippen molar-refractivity contribution in [2.24, 2.45) is 18.9 Å². The largest absolute Gasteiger partial charge is 0.481 e. The van der Waals surface area contributed by atoms with Crippen LogP contribution in [0, 0.1) is 11.8 Å². The molecule has 19 heavy (non-hydrogen) atoms. The van der Waals surface area contributed by atoms with Crippen LogP contribution in [0.15, 0.2) is 0 Å². The van der Waals surface area contributed by atoms with Crippen LogP contribution in [0.3, 0.4) is 0 Å². The van der Waals surface area contributed by atoms with E-state index < -0.39 is 5.97 Å². The van der Waals surface area contributed by atoms with Crippen molar-refractivity contribution in [1.82, 2.24) is 14.8 Å². The van der Waals surface area contributed by atoms with E-state index in [4.69, 9.17) is 0 Å². The molecule has 0 spiro atoms. The lowest BCUT2D eigenvalue weighted by molar-refractivity contribution is -0.142. The second kappa shape index (κ2) is 4.62. The van der Waals surface area contributed by atoms with E-state index in [-0.39, 0.29) is 17.3 Å². The highest BCUT2D eigenvalue weighted by Crippen LogP contribution is 2.42. The molecular weight excluding hydrogens is 242 g/mol. The lowest BCUT2D eigenvalue weighted by Crippen LogP contribution is -2.19. The smallest absolute Gasteiger partial charge is 0.307 e. The third-order valence-electron chi connectivity index (χ3n) is 3.91. The Morgan fingerprint density at radius 3 is 2.47 bits per heavy atom. The second-order valence-electron chi connectivity index (χ2n) is 6.80. The molecule has 0 radical (unpaired) electrons. The number of carboxylic acid groups (broad SMARTS) is 1. The number of carbonyl (C=O) groups is 1. The summed E-state index contributed by atoms with van der Waals surface area (Å²) < 4.78 is 1.76. The maximum absolute atomic E-state index is 11.4. The summed E-state index contributed by atoms with van der Waals surface area (Å²) in [7, 11) is 1.86. The molecule has 106 valence electrons. The molecule has 1 aromatic heterocycles. The van der Waals surface area contributed by atoms with Crippen molar-refractivity contribution in [1.29, 1.82) is 0 Å². The number of aryl methyl sites for hydroxylation is 1. The molecule has 1 aromatic rings. The van der Waals surface area contributed by atoms with Gasteiger partial charge in [-0.2, -0.15) is 5.10 Å². The summed E-state index contributed by atoms with van der Waals surface area (Å²) in [4.78, 5) is 16.0. The molecule has 5 heteroatoms. The summed E-state index contributed by atoms with van der Waals surface area (Å²) in [5, 5.41) is 13.8. The molecule has 0 aromatic carbocycles. The van der Waals surface area contributed by atoms with Crippen molar-refractivity contribution in [3.8, 4) is 0 Å². The molecule has 3 unspecified atom stereocenters. The van der Waals surface area contributed by atoms with Gasteiger partial charge in [0, 0.05) is 18.4 Å². The van der Waals surface area contributed by atoms with Gasteiger partial charge in [0.15, 0.2) is 5.82 Å². The molecule has 1 fully saturated rings. The third-order valence-corrected chi connectivity index (χ3v) is 3.91. The highest BCUT2D eigenvalue weighted by atomic mass is 16.4. The van der Waals surface area contributed by atoms with E-state index in [0.717, 1.165) is 24.5 Å². The SMILES string of the molecule is CC1CC(C(=O)O)C(c2nc(C(C)(C)C)nn2C)C1. The summed E-state index contributed by atoms with van der Waals surface area (Å²) in [6.45, 7) is 8.31. The topological polar surface area (TPSA) is 68.0 Å². The summed E-state index contributed by atoms with van der Waals surface area (Å²) in [5.74, 6) is 0.984. The van der Waals surface area contributed by atoms with Crippen LogP contribution in [0.25, 0.3) is 0 Å². The standard InChI is InChI=1S/C14H23N3O2/c1-8-6-9(10(7-8)12(18)19)11-15-13(14(2,3)4)16-17(11)5/h8-10H,6-7H2,1-5H3,(H,18,19). The van der Waals surface area contributed by atoms with Crippen LogP contribution in [0.4, 0.5) is 0 Å². The lowest BCUT2D eigenvalue weighted by Gasteiger charge is -2.14. The second-order valence-corrected chi connectivity index (χ2v) is 6.80. The minimum atomic E-state index is -0.713. The molecule has 1 N–H and O–H groups in total. The Hall–Kier alpha value is -1.39. The van der Waals surface area contributed by atoms with Crippen LogP contribution in [-0.2, 0) is 17.3 Å². The fraction of sp³-hybridized carbons (Fsp3) is 0.786. The number of hydrogen-bond acceptors (Lipinski definition) is 3. The van der Waals surface area contributed by atoms with Gasteiger partial charge in [0.25, 0.3) is 0 Å². The molecule has 3 atom stereocenters. The van der Waals surface area contributed by atoms with E-state index in [9.17, 15) is 9.90 Å². The summed E-state index contributed by atoms with van der Waals surface area (Å²) >= 11 is 0. The summed E-state index contributed by atoms with van der Waals surface area (Å²) in [6, 6.07) is 0. The van der Waals surface area contributed by atoms with Gasteiger partial charge in [-0.05, 0) is 18.8 Å². The van der Waals surface area contributed by atoms with Crippen molar-refractivity contribution in [3.63, 3.8) is 0 Å². The average Bonchev–Trinajstić information content (AvgIpc) is 2.80. The van der Waals surface area contributed by atoms with Crippen LogP contribution in [0.5, 0.6) is 0 Å². The molecule has 1 aliphatic carbocycles. The third kappa shape index (κ3) is 2.65. The van der Waals surface area contributed by atoms with Gasteiger partial charge in [0.05, 0.1) is 5.92 Å². The van der Waals surface area contributed by atoms with Gasteiger partial charge in [-0.3, -0.25) is 9.48 Å². The van der Waals surface area contributed by atoms with Crippen LogP contribution < -0.4 is 0 Å². The Bertz CT molecular complexity index is 487. The Kier molecular flexibility index (Phi) is 3.41. The zero-order chi connectivity index (χ0) is 14.4. The Labute approximate surface area is 114 Å². The van der Waals surface area contributed by atoms with E-state index in [2.05, 4.69) is 37.8 Å². The van der Waals surface area contributed by atoms with Crippen molar-refractivity contribution in [2.75, 3.05) is 0 Å². The number of carboxylic acids is 1. The average molecular weight is 265 g/mol. The summed E-state index contributed by atoms with van der Waals surface area (Å²) in [5.41, 5.74) is -0.112. The van der Waals surface area contributed by atoms with Crippen LogP contribution in [0.1, 0.15) is 58.1 Å². The molecule has 0 aliphatic heterocycles. The first kappa shape index (κ1) is 14.0. The first-order valence-electron chi connectivity index (χ1n) is 6.84. The normalized spacial score (nSPS) is 27.7. The quantitative estimate of drug-likeness (QED) is 0.891. The molecule has 1 heterocycles. The fourth-order valence-electron chi connectivity index (χ4n) is 2.89. The van der Waals surface area contributed by atoms with E-state index in [1.807, 2.05) is 7.05 Å². The van der Waals surface area contributed by atoms with Gasteiger partial charge >= 0.3 is 5.97 Å². The van der Waals surface area contributed by atoms with Crippen molar-refractivity contribution in [2.45, 2.75) is 51.9 Å². The van der Waals surface area contributed by atoms with Gasteiger partial charge in [-0.15, -0.1) is 0 Å². The Morgan fingerprint density at radius 1 is 1.37 bits per heavy atom. The summed E-state index contributed by atoms with van der Waals surface area (Å²) in [6.07, 6.45) is 1.62. The van der Waals surface area contributed by atoms with Gasteiger partial charge < -0.3 is 5.11 Å². The van der Waals surface area contributed by atoms with Crippen molar-refractivity contribution >= 4 is 5.97 Å². The van der Waals surface area contributed by atoms with Gasteiger partial charge in [0.2, 0.25) is 0 Å². The van der Waals surface area contributed by atoms with Crippen LogP contribution >= 0.6 is 0 Å². The molecule has 1 saturated carbocycles. The van der Waals surface area contributed by atoms with E-state index in [1.54, 1.807) is 4.68 Å². The van der Waals surface area contributed by atoms with Crippen molar-refractivity contribution < 1.29 is 9.90 Å². The molecule has 0 amide bonds. The molecule has 1 aliphatic rings. The zero-order valence-electron chi connectivity index (χ0n) is 12.3. The number of nitrogens with zero attached hydrogens (tertiary/aromatic N) is 3. The first-order chi connectivity index (χ1) is 8.70. The number of hydrogen-bond donors (Lipinski definition) is 1. The molecule has 0 saturated heterocycles. The van der Waals surface area contributed by atoms with Crippen LogP contribution in [0.2, 0.25) is 0 Å². The Morgan fingerprint density at radius 2 is 2.00 bits per heavy atom. The maximum atomic E-state index is 11.4. The maximum Gasteiger partial charge on any atom is 0.307 e. The molecule has 2 rings (SSSR count). The molecular formula is C14H23N3O2. The zero-order valence-corrected chi connectivity index (χ0v) is 12.3. The van der Waals surface area contributed by atoms with E-state index in [1.165, 1.54) is 0 Å². The Balaban J connectivity index is 2.36. The van der Waals surface area contributed by atoms with Gasteiger partial charge in [-0.25, -0.2) is 4.98 Å². The van der Waals surface area contributed by atoms with E-state index >= 15 is 0 Å². The monoisotopic (exact) mass is 265 g/mol. The minimum absolute atomic E-state index is 0.0129. The highest BCUT2D eigenvalue weighted by Gasteiger charge is 2.40. The molecule has 5 nitrogen and oxygen atoms in total. The van der Waals surface area contributed by atoms with Crippen molar-refractivity contribution in [3.05, 3.63) is 11.6 Å². The predicted molar refractivity (Wildman–Crippen MR) is 72.0 cm³/mol. The van der Waals surface area contributed by atoms with Gasteiger partial charge in [0.1, 0.15) is 5.82 Å². The van der Waals surface area contributed by atoms with Crippen LogP contribution in [-0.4, -0.2) is 25.8 Å². The fourth-order valence-corrected chi connectivity index (χ4v) is 2.89.